The van der Waals surface area contributed by atoms with Gasteiger partial charge in [0.15, 0.2) is 5.65 Å². The Labute approximate surface area is 409 Å². The van der Waals surface area contributed by atoms with Crippen LogP contribution in [0, 0.1) is 17.6 Å². The number of benzene rings is 2. The first-order chi connectivity index (χ1) is 33.3. The molecule has 4 aliphatic rings. The van der Waals surface area contributed by atoms with Gasteiger partial charge in [-0.05, 0) is 110 Å². The first-order valence-corrected chi connectivity index (χ1v) is 27.4. The van der Waals surface area contributed by atoms with Crippen molar-refractivity contribution in [2.24, 2.45) is 5.92 Å². The predicted octanol–water partition coefficient (Wildman–Crippen LogP) is 7.58. The molecule has 0 saturated carbocycles. The standard InChI is InChI=1S/C49H60BrF2N12O4P/c1-5-31-24-38(58-49-56-28-35(50)46(60-49)57-39-29-55-47-44(53-13-14-54-47)45(39)69(3,4)67)41(68-2)27-40(31)64-18-11-32(12-19-64)63-22-20-61(21-23-63)15-8-30-9-16-62(17-10-30)33-25-36(51)43(37(52)26-33)34-6-7-42(65)59-48(34)66/h13-14,24-30,32,34H,5-12,15-23H2,1-4H3,(H,59,65,66)(H2,56,57,58,60). The summed E-state index contributed by atoms with van der Waals surface area (Å²) in [6, 6.07) is 7.48. The Hall–Kier alpha value is -5.36. The number of pyridine rings is 1. The van der Waals surface area contributed by atoms with E-state index in [1.165, 1.54) is 23.4 Å². The van der Waals surface area contributed by atoms with Gasteiger partial charge in [0.1, 0.15) is 35.9 Å². The second kappa shape index (κ2) is 20.9. The van der Waals surface area contributed by atoms with Crippen LogP contribution in [0.2, 0.25) is 0 Å². The van der Waals surface area contributed by atoms with Crippen molar-refractivity contribution in [2.75, 3.05) is 99.8 Å². The van der Waals surface area contributed by atoms with Crippen LogP contribution in [0.3, 0.4) is 0 Å². The summed E-state index contributed by atoms with van der Waals surface area (Å²) < 4.78 is 50.5. The molecule has 69 heavy (non-hydrogen) atoms. The SMILES string of the molecule is CCc1cc(Nc2ncc(Br)c(Nc3cnc4nccnc4c3P(C)(C)=O)n2)c(OC)cc1N1CCC(N2CCN(CCC3CCN(c4cc(F)c(C5CCC(=O)NC5=O)c(F)c4)CC3)CC2)CC1. The van der Waals surface area contributed by atoms with Crippen molar-refractivity contribution >= 4 is 85.9 Å². The van der Waals surface area contributed by atoms with Gasteiger partial charge in [0.25, 0.3) is 0 Å². The van der Waals surface area contributed by atoms with Gasteiger partial charge in [0.2, 0.25) is 17.8 Å². The largest absolute Gasteiger partial charge is 0.494 e. The van der Waals surface area contributed by atoms with Crippen molar-refractivity contribution in [1.29, 1.82) is 0 Å². The molecule has 0 spiro atoms. The lowest BCUT2D eigenvalue weighted by Crippen LogP contribution is -2.53. The van der Waals surface area contributed by atoms with E-state index in [0.29, 0.717) is 61.8 Å². The predicted molar refractivity (Wildman–Crippen MR) is 269 cm³/mol. The van der Waals surface area contributed by atoms with E-state index in [1.54, 1.807) is 45.2 Å². The molecule has 20 heteroatoms. The van der Waals surface area contributed by atoms with E-state index in [-0.39, 0.29) is 18.4 Å². The Morgan fingerprint density at radius 3 is 2.23 bits per heavy atom. The van der Waals surface area contributed by atoms with E-state index >= 15 is 8.78 Å². The molecule has 1 atom stereocenters. The third-order valence-corrected chi connectivity index (χ3v) is 16.4. The summed E-state index contributed by atoms with van der Waals surface area (Å²) in [4.78, 5) is 56.2. The van der Waals surface area contributed by atoms with E-state index in [2.05, 4.69) is 85.6 Å². The summed E-state index contributed by atoms with van der Waals surface area (Å²) in [7, 11) is -1.15. The molecule has 4 fully saturated rings. The zero-order chi connectivity index (χ0) is 48.4. The normalized spacial score (nSPS) is 19.3. The van der Waals surface area contributed by atoms with Crippen molar-refractivity contribution < 1.29 is 27.7 Å². The molecule has 0 radical (unpaired) electrons. The summed E-state index contributed by atoms with van der Waals surface area (Å²) >= 11 is 3.58. The zero-order valence-corrected chi connectivity index (χ0v) is 42.1. The van der Waals surface area contributed by atoms with Gasteiger partial charge in [-0.1, -0.05) is 6.92 Å². The molecule has 16 nitrogen and oxygen atoms in total. The number of halogens is 3. The Morgan fingerprint density at radius 1 is 0.841 bits per heavy atom. The maximum Gasteiger partial charge on any atom is 0.234 e. The van der Waals surface area contributed by atoms with E-state index in [9.17, 15) is 14.2 Å². The molecule has 3 N–H and O–H groups in total. The molecule has 2 amide bonds. The monoisotopic (exact) mass is 1030 g/mol. The van der Waals surface area contributed by atoms with Gasteiger partial charge in [-0.15, -0.1) is 0 Å². The summed E-state index contributed by atoms with van der Waals surface area (Å²) in [5.74, 6) is -1.43. The number of amides is 2. The highest BCUT2D eigenvalue weighted by molar-refractivity contribution is 9.10. The molecular formula is C49H60BrF2N12O4P. The Morgan fingerprint density at radius 2 is 1.55 bits per heavy atom. The van der Waals surface area contributed by atoms with Crippen LogP contribution in [0.1, 0.15) is 68.9 Å². The molecule has 5 aromatic rings. The number of hydrogen-bond donors (Lipinski definition) is 3. The number of piperazine rings is 1. The highest BCUT2D eigenvalue weighted by atomic mass is 79.9. The molecule has 9 rings (SSSR count). The molecule has 0 aliphatic carbocycles. The topological polar surface area (TPSA) is 174 Å². The molecular weight excluding hydrogens is 969 g/mol. The molecule has 2 aromatic carbocycles. The number of anilines is 6. The average molecular weight is 1030 g/mol. The third-order valence-electron chi connectivity index (χ3n) is 14.3. The quantitative estimate of drug-likeness (QED) is 0.0734. The smallest absolute Gasteiger partial charge is 0.234 e. The second-order valence-electron chi connectivity index (χ2n) is 18.9. The first-order valence-electron chi connectivity index (χ1n) is 24.0. The number of aryl methyl sites for hydroxylation is 1. The molecule has 7 heterocycles. The van der Waals surface area contributed by atoms with Crippen LogP contribution in [0.5, 0.6) is 5.75 Å². The summed E-state index contributed by atoms with van der Waals surface area (Å²) in [6.07, 6.45) is 12.6. The fourth-order valence-corrected chi connectivity index (χ4v) is 12.1. The minimum Gasteiger partial charge on any atom is -0.494 e. The molecule has 0 bridgehead atoms. The Kier molecular flexibility index (Phi) is 14.8. The lowest BCUT2D eigenvalue weighted by Gasteiger charge is -2.44. The minimum absolute atomic E-state index is 0.0693. The molecule has 3 aromatic heterocycles. The number of ether oxygens (including phenoxy) is 1. The molecule has 1 unspecified atom stereocenters. The number of carbonyl (C=O) groups excluding carboxylic acids is 2. The van der Waals surface area contributed by atoms with Crippen LogP contribution < -0.4 is 35.8 Å². The maximum atomic E-state index is 15.2. The number of piperidine rings is 3. The van der Waals surface area contributed by atoms with Crippen LogP contribution in [0.15, 0.2) is 53.5 Å². The summed E-state index contributed by atoms with van der Waals surface area (Å²) in [5, 5.41) is 9.46. The maximum absolute atomic E-state index is 15.2. The fourth-order valence-electron chi connectivity index (χ4n) is 10.5. The lowest BCUT2D eigenvalue weighted by molar-refractivity contribution is -0.134. The van der Waals surface area contributed by atoms with Crippen LogP contribution in [-0.4, -0.2) is 132 Å². The third kappa shape index (κ3) is 10.9. The highest BCUT2D eigenvalue weighted by Crippen LogP contribution is 2.42. The zero-order valence-electron chi connectivity index (χ0n) is 39.6. The number of aromatic nitrogens is 5. The first kappa shape index (κ1) is 48.7. The number of methoxy groups -OCH3 is 1. The van der Waals surface area contributed by atoms with E-state index < -0.39 is 36.5 Å². The second-order valence-corrected chi connectivity index (χ2v) is 22.9. The van der Waals surface area contributed by atoms with Crippen LogP contribution in [0.25, 0.3) is 11.2 Å². The fraction of sp³-hybridized carbons (Fsp3) is 0.490. The lowest BCUT2D eigenvalue weighted by atomic mass is 9.89. The number of imide groups is 1. The van der Waals surface area contributed by atoms with Crippen LogP contribution in [0.4, 0.5) is 43.3 Å². The number of rotatable bonds is 14. The van der Waals surface area contributed by atoms with Crippen molar-refractivity contribution in [3.05, 3.63) is 76.3 Å². The number of carbonyl (C=O) groups is 2. The Balaban J connectivity index is 0.750. The minimum atomic E-state index is -2.82. The van der Waals surface area contributed by atoms with Crippen molar-refractivity contribution in [1.82, 2.24) is 40.0 Å². The molecule has 4 aliphatic heterocycles. The van der Waals surface area contributed by atoms with Crippen LogP contribution >= 0.6 is 23.1 Å². The van der Waals surface area contributed by atoms with Crippen LogP contribution in [-0.2, 0) is 20.6 Å². The Bertz CT molecular complexity index is 2740. The van der Waals surface area contributed by atoms with Crippen molar-refractivity contribution in [3.8, 4) is 5.75 Å². The average Bonchev–Trinajstić information content (AvgIpc) is 3.34. The van der Waals surface area contributed by atoms with Gasteiger partial charge in [-0.3, -0.25) is 24.8 Å². The summed E-state index contributed by atoms with van der Waals surface area (Å²) in [5.41, 5.74) is 4.82. The van der Waals surface area contributed by atoms with E-state index in [4.69, 9.17) is 9.72 Å². The van der Waals surface area contributed by atoms with Gasteiger partial charge in [-0.25, -0.2) is 23.7 Å². The van der Waals surface area contributed by atoms with Crippen molar-refractivity contribution in [3.63, 3.8) is 0 Å². The van der Waals surface area contributed by atoms with Gasteiger partial charge in [-0.2, -0.15) is 4.98 Å². The van der Waals surface area contributed by atoms with E-state index in [1.807, 2.05) is 4.90 Å². The summed E-state index contributed by atoms with van der Waals surface area (Å²) in [6.45, 7) is 14.2. The highest BCUT2D eigenvalue weighted by Gasteiger charge is 2.34. The number of nitrogens with one attached hydrogen (secondary N) is 3. The molecule has 4 saturated heterocycles. The van der Waals surface area contributed by atoms with Crippen molar-refractivity contribution in [2.45, 2.75) is 70.3 Å². The molecule has 366 valence electrons. The van der Waals surface area contributed by atoms with E-state index in [0.717, 1.165) is 103 Å². The number of hydrogen-bond acceptors (Lipinski definition) is 15. The number of nitrogens with zero attached hydrogens (tertiary/aromatic N) is 9. The van der Waals surface area contributed by atoms with Gasteiger partial charge in [0, 0.05) is 106 Å². The van der Waals surface area contributed by atoms with Gasteiger partial charge < -0.3 is 34.6 Å². The van der Waals surface area contributed by atoms with Gasteiger partial charge >= 0.3 is 0 Å². The number of fused-ring (bicyclic) bond motifs is 1. The van der Waals surface area contributed by atoms with Gasteiger partial charge in [0.05, 0.1) is 40.4 Å².